The van der Waals surface area contributed by atoms with Crippen LogP contribution in [-0.4, -0.2) is 55.4 Å². The number of nitrogens with zero attached hydrogens (tertiary/aromatic N) is 1. The van der Waals surface area contributed by atoms with Gasteiger partial charge in [0.1, 0.15) is 6.42 Å². The predicted molar refractivity (Wildman–Crippen MR) is 95.2 cm³/mol. The molecule has 1 saturated carbocycles. The molecule has 0 N–H and O–H groups in total. The summed E-state index contributed by atoms with van der Waals surface area (Å²) < 4.78 is 51.2. The second kappa shape index (κ2) is 8.27. The van der Waals surface area contributed by atoms with Crippen LogP contribution in [0.3, 0.4) is 0 Å². The van der Waals surface area contributed by atoms with Gasteiger partial charge in [-0.15, -0.1) is 0 Å². The number of alkyl halides is 3. The maximum Gasteiger partial charge on any atom is 0.398 e. The van der Waals surface area contributed by atoms with Crippen LogP contribution < -0.4 is 0 Å². The van der Waals surface area contributed by atoms with Gasteiger partial charge in [-0.25, -0.2) is 0 Å². The molecule has 3 rings (SSSR count). The van der Waals surface area contributed by atoms with Crippen molar-refractivity contribution in [3.8, 4) is 0 Å². The van der Waals surface area contributed by atoms with E-state index in [1.165, 1.54) is 0 Å². The second-order valence-corrected chi connectivity index (χ2v) is 7.66. The molecule has 8 heteroatoms. The smallest absolute Gasteiger partial charge is 0.398 e. The number of hydrogen-bond acceptors (Lipinski definition) is 4. The molecule has 1 amide bonds. The Bertz CT molecular complexity index is 667. The zero-order valence-electron chi connectivity index (χ0n) is 16.0. The summed E-state index contributed by atoms with van der Waals surface area (Å²) in [4.78, 5) is 25.2. The number of rotatable bonds is 7. The second-order valence-electron chi connectivity index (χ2n) is 7.66. The third-order valence-corrected chi connectivity index (χ3v) is 5.73. The molecule has 0 spiro atoms. The van der Waals surface area contributed by atoms with Crippen molar-refractivity contribution in [3.63, 3.8) is 0 Å². The van der Waals surface area contributed by atoms with Gasteiger partial charge < -0.3 is 14.4 Å². The average Bonchev–Trinajstić information content (AvgIpc) is 3.32. The summed E-state index contributed by atoms with van der Waals surface area (Å²) in [7, 11) is 0. The van der Waals surface area contributed by atoms with E-state index in [1.54, 1.807) is 24.0 Å². The van der Waals surface area contributed by atoms with Crippen LogP contribution in [0.1, 0.15) is 39.0 Å². The molecule has 1 saturated heterocycles. The Morgan fingerprint density at radius 2 is 2.07 bits per heavy atom. The highest BCUT2D eigenvalue weighted by Crippen LogP contribution is 2.63. The van der Waals surface area contributed by atoms with Crippen LogP contribution in [0.2, 0.25) is 0 Å². The van der Waals surface area contributed by atoms with E-state index in [-0.39, 0.29) is 37.7 Å². The van der Waals surface area contributed by atoms with Gasteiger partial charge in [0.25, 0.3) is 0 Å². The van der Waals surface area contributed by atoms with Crippen molar-refractivity contribution in [2.45, 2.75) is 51.3 Å². The predicted octanol–water partition coefficient (Wildman–Crippen LogP) is 3.40. The van der Waals surface area contributed by atoms with Gasteiger partial charge in [-0.05, 0) is 38.2 Å². The van der Waals surface area contributed by atoms with Crippen molar-refractivity contribution < 1.29 is 32.2 Å². The number of carbonyl (C=O) groups excluding carboxylic acids is 2. The number of esters is 1. The van der Waals surface area contributed by atoms with E-state index in [0.29, 0.717) is 38.1 Å². The fraction of sp³-hybridized carbons (Fsp3) is 0.700. The molecule has 5 nitrogen and oxygen atoms in total. The standard InChI is InChI=1S/C20H26F3NO4/c1-2-27-18(26)11-17(25)24-10-7-14(12-24)13-28-16-6-4-3-5-15(16)19(8-9-19)20(21,22)23/h3-5,14,16H,2,6-13H2,1H3/t14-,16?/m0/s1. The summed E-state index contributed by atoms with van der Waals surface area (Å²) in [5.41, 5.74) is -1.39. The van der Waals surface area contributed by atoms with Crippen LogP contribution in [0.5, 0.6) is 0 Å². The lowest BCUT2D eigenvalue weighted by molar-refractivity contribution is -0.179. The lowest BCUT2D eigenvalue weighted by atomic mass is 9.86. The number of likely N-dealkylation sites (tertiary alicyclic amines) is 1. The molecule has 3 aliphatic rings. The van der Waals surface area contributed by atoms with Crippen LogP contribution in [0.15, 0.2) is 23.8 Å². The number of allylic oxidation sites excluding steroid dienone is 2. The van der Waals surface area contributed by atoms with Crippen molar-refractivity contribution in [2.24, 2.45) is 11.3 Å². The number of halogens is 3. The summed E-state index contributed by atoms with van der Waals surface area (Å²) in [6, 6.07) is 0. The number of ether oxygens (including phenoxy) is 2. The van der Waals surface area contributed by atoms with E-state index in [2.05, 4.69) is 0 Å². The molecule has 1 heterocycles. The van der Waals surface area contributed by atoms with E-state index < -0.39 is 23.7 Å². The molecule has 0 aromatic rings. The third-order valence-electron chi connectivity index (χ3n) is 5.73. The highest BCUT2D eigenvalue weighted by molar-refractivity contribution is 5.94. The average molecular weight is 401 g/mol. The molecule has 0 aromatic heterocycles. The number of amides is 1. The topological polar surface area (TPSA) is 55.8 Å². The highest BCUT2D eigenvalue weighted by Gasteiger charge is 2.66. The number of hydrogen-bond donors (Lipinski definition) is 0. The van der Waals surface area contributed by atoms with Crippen molar-refractivity contribution in [1.82, 2.24) is 4.90 Å². The van der Waals surface area contributed by atoms with Crippen LogP contribution in [-0.2, 0) is 19.1 Å². The molecule has 1 unspecified atom stereocenters. The lowest BCUT2D eigenvalue weighted by Gasteiger charge is -2.31. The summed E-state index contributed by atoms with van der Waals surface area (Å²) >= 11 is 0. The van der Waals surface area contributed by atoms with Crippen LogP contribution in [0.25, 0.3) is 0 Å². The molecule has 28 heavy (non-hydrogen) atoms. The summed E-state index contributed by atoms with van der Waals surface area (Å²) in [6.45, 7) is 3.18. The van der Waals surface area contributed by atoms with Gasteiger partial charge in [-0.2, -0.15) is 13.2 Å². The maximum atomic E-state index is 13.5. The van der Waals surface area contributed by atoms with E-state index >= 15 is 0 Å². The Hall–Kier alpha value is -1.83. The van der Waals surface area contributed by atoms with Crippen molar-refractivity contribution >= 4 is 11.9 Å². The first-order valence-electron chi connectivity index (χ1n) is 9.76. The van der Waals surface area contributed by atoms with Crippen molar-refractivity contribution in [2.75, 3.05) is 26.3 Å². The van der Waals surface area contributed by atoms with Gasteiger partial charge in [0.15, 0.2) is 0 Å². The minimum absolute atomic E-state index is 0.0549. The SMILES string of the molecule is CCOC(=O)CC(=O)N1CC[C@H](COC2CC=CC=C2C2(C(F)(F)F)CC2)C1. The fourth-order valence-corrected chi connectivity index (χ4v) is 3.99. The zero-order chi connectivity index (χ0) is 20.4. The summed E-state index contributed by atoms with van der Waals surface area (Å²) in [5.74, 6) is -0.770. The molecule has 0 bridgehead atoms. The molecule has 2 fully saturated rings. The molecular formula is C20H26F3NO4. The minimum atomic E-state index is -4.25. The van der Waals surface area contributed by atoms with Crippen molar-refractivity contribution in [1.29, 1.82) is 0 Å². The van der Waals surface area contributed by atoms with Gasteiger partial charge in [0.05, 0.1) is 24.7 Å². The van der Waals surface area contributed by atoms with Gasteiger partial charge in [-0.1, -0.05) is 18.2 Å². The fourth-order valence-electron chi connectivity index (χ4n) is 3.99. The van der Waals surface area contributed by atoms with Crippen LogP contribution in [0.4, 0.5) is 13.2 Å². The molecule has 0 aromatic carbocycles. The first-order chi connectivity index (χ1) is 13.3. The van der Waals surface area contributed by atoms with Crippen molar-refractivity contribution in [3.05, 3.63) is 23.8 Å². The quantitative estimate of drug-likeness (QED) is 0.485. The van der Waals surface area contributed by atoms with Gasteiger partial charge in [-0.3, -0.25) is 9.59 Å². The zero-order valence-corrected chi connectivity index (χ0v) is 16.0. The first kappa shape index (κ1) is 20.9. The van der Waals surface area contributed by atoms with Gasteiger partial charge in [0.2, 0.25) is 5.91 Å². The van der Waals surface area contributed by atoms with Gasteiger partial charge in [0, 0.05) is 19.0 Å². The van der Waals surface area contributed by atoms with E-state index in [1.807, 2.05) is 6.08 Å². The Kier molecular flexibility index (Phi) is 6.17. The Labute approximate surface area is 162 Å². The van der Waals surface area contributed by atoms with Crippen LogP contribution in [0, 0.1) is 11.3 Å². The van der Waals surface area contributed by atoms with E-state index in [9.17, 15) is 22.8 Å². The Balaban J connectivity index is 1.51. The summed E-state index contributed by atoms with van der Waals surface area (Å²) in [6.07, 6.45) is 1.33. The Morgan fingerprint density at radius 3 is 2.71 bits per heavy atom. The molecule has 1 aliphatic heterocycles. The number of carbonyl (C=O) groups is 2. The molecule has 156 valence electrons. The highest BCUT2D eigenvalue weighted by atomic mass is 19.4. The first-order valence-corrected chi connectivity index (χ1v) is 9.76. The molecular weight excluding hydrogens is 375 g/mol. The maximum absolute atomic E-state index is 13.5. The largest absolute Gasteiger partial charge is 0.466 e. The molecule has 2 aliphatic carbocycles. The van der Waals surface area contributed by atoms with E-state index in [0.717, 1.165) is 0 Å². The normalized spacial score (nSPS) is 26.1. The van der Waals surface area contributed by atoms with Crippen LogP contribution >= 0.6 is 0 Å². The lowest BCUT2D eigenvalue weighted by Crippen LogP contribution is -2.35. The van der Waals surface area contributed by atoms with Gasteiger partial charge >= 0.3 is 12.1 Å². The minimum Gasteiger partial charge on any atom is -0.466 e. The molecule has 2 atom stereocenters. The monoisotopic (exact) mass is 401 g/mol. The van der Waals surface area contributed by atoms with E-state index in [4.69, 9.17) is 9.47 Å². The summed E-state index contributed by atoms with van der Waals surface area (Å²) in [5, 5.41) is 0. The Morgan fingerprint density at radius 1 is 1.32 bits per heavy atom. The third kappa shape index (κ3) is 4.42. The molecule has 0 radical (unpaired) electrons.